The third kappa shape index (κ3) is 3.91. The van der Waals surface area contributed by atoms with Crippen molar-refractivity contribution >= 4 is 10.2 Å². The molecule has 0 radical (unpaired) electrons. The van der Waals surface area contributed by atoms with Crippen molar-refractivity contribution in [2.75, 3.05) is 32.7 Å². The minimum absolute atomic E-state index is 0.0242. The first-order chi connectivity index (χ1) is 8.00. The van der Waals surface area contributed by atoms with Crippen LogP contribution in [0.3, 0.4) is 0 Å². The molecule has 0 saturated carbocycles. The maximum absolute atomic E-state index is 12.5. The standard InChI is InChI=1S/C11H25N3O2S/c1-4-8-14(11(2)3)17(15,16)13-9-5-6-12-7-10-13/h11-12H,4-10H2,1-3H3. The van der Waals surface area contributed by atoms with Gasteiger partial charge in [0.1, 0.15) is 0 Å². The second kappa shape index (κ2) is 6.68. The van der Waals surface area contributed by atoms with Crippen LogP contribution in [-0.2, 0) is 10.2 Å². The van der Waals surface area contributed by atoms with Gasteiger partial charge in [-0.3, -0.25) is 0 Å². The number of rotatable bonds is 5. The van der Waals surface area contributed by atoms with Crippen molar-refractivity contribution in [2.45, 2.75) is 39.7 Å². The molecule has 102 valence electrons. The van der Waals surface area contributed by atoms with E-state index in [2.05, 4.69) is 5.32 Å². The first-order valence-electron chi connectivity index (χ1n) is 6.47. The van der Waals surface area contributed by atoms with Crippen LogP contribution in [0.25, 0.3) is 0 Å². The Morgan fingerprint density at radius 1 is 1.29 bits per heavy atom. The smallest absolute Gasteiger partial charge is 0.282 e. The van der Waals surface area contributed by atoms with Crippen LogP contribution in [0.2, 0.25) is 0 Å². The summed E-state index contributed by atoms with van der Waals surface area (Å²) in [6.45, 7) is 9.33. The Morgan fingerprint density at radius 3 is 2.59 bits per heavy atom. The lowest BCUT2D eigenvalue weighted by Gasteiger charge is -2.31. The van der Waals surface area contributed by atoms with Crippen LogP contribution in [0.1, 0.15) is 33.6 Å². The van der Waals surface area contributed by atoms with Crippen LogP contribution >= 0.6 is 0 Å². The summed E-state index contributed by atoms with van der Waals surface area (Å²) in [5, 5.41) is 3.22. The normalized spacial score (nSPS) is 19.8. The van der Waals surface area contributed by atoms with Crippen LogP contribution < -0.4 is 5.32 Å². The number of hydrogen-bond donors (Lipinski definition) is 1. The second-order valence-electron chi connectivity index (χ2n) is 4.71. The van der Waals surface area contributed by atoms with Crippen molar-refractivity contribution in [3.05, 3.63) is 0 Å². The molecule has 17 heavy (non-hydrogen) atoms. The average Bonchev–Trinajstić information content (AvgIpc) is 2.53. The van der Waals surface area contributed by atoms with E-state index in [1.54, 1.807) is 8.61 Å². The Labute approximate surface area is 105 Å². The van der Waals surface area contributed by atoms with Crippen molar-refractivity contribution in [2.24, 2.45) is 0 Å². The Morgan fingerprint density at radius 2 is 2.00 bits per heavy atom. The molecule has 1 fully saturated rings. The molecule has 0 atom stereocenters. The lowest BCUT2D eigenvalue weighted by Crippen LogP contribution is -2.48. The monoisotopic (exact) mass is 263 g/mol. The first kappa shape index (κ1) is 14.9. The minimum Gasteiger partial charge on any atom is -0.315 e. The SMILES string of the molecule is CCCN(C(C)C)S(=O)(=O)N1CCCNCC1. The van der Waals surface area contributed by atoms with E-state index in [0.717, 1.165) is 25.9 Å². The van der Waals surface area contributed by atoms with E-state index in [-0.39, 0.29) is 6.04 Å². The second-order valence-corrected chi connectivity index (χ2v) is 6.60. The van der Waals surface area contributed by atoms with Crippen LogP contribution in [0.5, 0.6) is 0 Å². The number of nitrogens with zero attached hydrogens (tertiary/aromatic N) is 2. The van der Waals surface area contributed by atoms with E-state index in [9.17, 15) is 8.42 Å². The predicted molar refractivity (Wildman–Crippen MR) is 70.1 cm³/mol. The van der Waals surface area contributed by atoms with Gasteiger partial charge in [0, 0.05) is 32.2 Å². The molecule has 1 saturated heterocycles. The van der Waals surface area contributed by atoms with Crippen molar-refractivity contribution in [3.8, 4) is 0 Å². The molecule has 0 aromatic heterocycles. The number of hydrogen-bond acceptors (Lipinski definition) is 3. The molecule has 0 bridgehead atoms. The summed E-state index contributed by atoms with van der Waals surface area (Å²) in [5.74, 6) is 0. The highest BCUT2D eigenvalue weighted by atomic mass is 32.2. The molecular formula is C11H25N3O2S. The summed E-state index contributed by atoms with van der Waals surface area (Å²) in [6, 6.07) is 0.0242. The summed E-state index contributed by atoms with van der Waals surface area (Å²) in [6.07, 6.45) is 1.74. The summed E-state index contributed by atoms with van der Waals surface area (Å²) in [7, 11) is -3.28. The molecule has 1 aliphatic rings. The maximum Gasteiger partial charge on any atom is 0.282 e. The van der Waals surface area contributed by atoms with E-state index in [1.807, 2.05) is 20.8 Å². The molecule has 5 nitrogen and oxygen atoms in total. The largest absolute Gasteiger partial charge is 0.315 e. The summed E-state index contributed by atoms with van der Waals surface area (Å²) >= 11 is 0. The van der Waals surface area contributed by atoms with Gasteiger partial charge < -0.3 is 5.32 Å². The maximum atomic E-state index is 12.5. The fourth-order valence-corrected chi connectivity index (χ4v) is 3.98. The molecule has 1 rings (SSSR count). The van der Waals surface area contributed by atoms with Gasteiger partial charge in [-0.25, -0.2) is 0 Å². The zero-order valence-corrected chi connectivity index (χ0v) is 12.0. The predicted octanol–water partition coefficient (Wildman–Crippen LogP) is 0.647. The molecule has 0 spiro atoms. The lowest BCUT2D eigenvalue weighted by molar-refractivity contribution is 0.308. The van der Waals surface area contributed by atoms with Gasteiger partial charge in [0.15, 0.2) is 0 Å². The molecular weight excluding hydrogens is 238 g/mol. The van der Waals surface area contributed by atoms with Gasteiger partial charge in [-0.05, 0) is 33.2 Å². The topological polar surface area (TPSA) is 52.7 Å². The van der Waals surface area contributed by atoms with Crippen molar-refractivity contribution in [3.63, 3.8) is 0 Å². The van der Waals surface area contributed by atoms with E-state index in [1.165, 1.54) is 0 Å². The van der Waals surface area contributed by atoms with Gasteiger partial charge in [0.2, 0.25) is 0 Å². The lowest BCUT2D eigenvalue weighted by atomic mass is 10.4. The molecule has 0 unspecified atom stereocenters. The summed E-state index contributed by atoms with van der Waals surface area (Å²) in [5.41, 5.74) is 0. The third-order valence-corrected chi connectivity index (χ3v) is 5.16. The molecule has 1 aliphatic heterocycles. The summed E-state index contributed by atoms with van der Waals surface area (Å²) < 4.78 is 28.2. The zero-order chi connectivity index (χ0) is 12.9. The van der Waals surface area contributed by atoms with Gasteiger partial charge in [-0.1, -0.05) is 6.92 Å². The highest BCUT2D eigenvalue weighted by Crippen LogP contribution is 2.14. The minimum atomic E-state index is -3.28. The van der Waals surface area contributed by atoms with Crippen LogP contribution in [0.15, 0.2) is 0 Å². The molecule has 0 aliphatic carbocycles. The Bertz CT molecular complexity index is 309. The van der Waals surface area contributed by atoms with Gasteiger partial charge in [-0.15, -0.1) is 0 Å². The first-order valence-corrected chi connectivity index (χ1v) is 7.87. The zero-order valence-electron chi connectivity index (χ0n) is 11.1. The fraction of sp³-hybridized carbons (Fsp3) is 1.00. The van der Waals surface area contributed by atoms with Crippen molar-refractivity contribution in [1.29, 1.82) is 0 Å². The van der Waals surface area contributed by atoms with E-state index in [4.69, 9.17) is 0 Å². The van der Waals surface area contributed by atoms with Gasteiger partial charge in [0.05, 0.1) is 0 Å². The summed E-state index contributed by atoms with van der Waals surface area (Å²) in [4.78, 5) is 0. The molecule has 6 heteroatoms. The van der Waals surface area contributed by atoms with Gasteiger partial charge >= 0.3 is 0 Å². The van der Waals surface area contributed by atoms with Crippen molar-refractivity contribution < 1.29 is 8.42 Å². The Kier molecular flexibility index (Phi) is 5.85. The highest BCUT2D eigenvalue weighted by molar-refractivity contribution is 7.86. The van der Waals surface area contributed by atoms with E-state index >= 15 is 0 Å². The molecule has 0 aromatic carbocycles. The number of nitrogens with one attached hydrogen (secondary N) is 1. The molecule has 1 N–H and O–H groups in total. The van der Waals surface area contributed by atoms with E-state index < -0.39 is 10.2 Å². The Hall–Kier alpha value is -0.170. The molecule has 0 amide bonds. The Balaban J connectivity index is 2.81. The van der Waals surface area contributed by atoms with Gasteiger partial charge in [-0.2, -0.15) is 17.0 Å². The molecule has 0 aromatic rings. The van der Waals surface area contributed by atoms with E-state index in [0.29, 0.717) is 19.6 Å². The van der Waals surface area contributed by atoms with Crippen LogP contribution in [0, 0.1) is 0 Å². The quantitative estimate of drug-likeness (QED) is 0.792. The fourth-order valence-electron chi connectivity index (χ4n) is 2.06. The molecule has 1 heterocycles. The average molecular weight is 263 g/mol. The van der Waals surface area contributed by atoms with Gasteiger partial charge in [0.25, 0.3) is 10.2 Å². The highest BCUT2D eigenvalue weighted by Gasteiger charge is 2.30. The van der Waals surface area contributed by atoms with Crippen molar-refractivity contribution in [1.82, 2.24) is 13.9 Å². The van der Waals surface area contributed by atoms with Crippen LogP contribution in [-0.4, -0.2) is 55.8 Å². The third-order valence-electron chi connectivity index (χ3n) is 2.94. The van der Waals surface area contributed by atoms with Crippen LogP contribution in [0.4, 0.5) is 0 Å².